The van der Waals surface area contributed by atoms with Gasteiger partial charge in [-0.3, -0.25) is 10.1 Å². The summed E-state index contributed by atoms with van der Waals surface area (Å²) in [4.78, 5) is 16.8. The fourth-order valence-electron chi connectivity index (χ4n) is 3.41. The third-order valence-corrected chi connectivity index (χ3v) is 5.83. The number of thiocarbonyl (C=S) groups is 1. The Labute approximate surface area is 204 Å². The van der Waals surface area contributed by atoms with Gasteiger partial charge in [0, 0.05) is 11.3 Å². The summed E-state index contributed by atoms with van der Waals surface area (Å²) < 4.78 is 11.4. The van der Waals surface area contributed by atoms with Crippen LogP contribution >= 0.6 is 12.2 Å². The van der Waals surface area contributed by atoms with Gasteiger partial charge in [0.2, 0.25) is 5.89 Å². The highest BCUT2D eigenvalue weighted by Crippen LogP contribution is 2.28. The molecule has 0 aliphatic heterocycles. The minimum Gasteiger partial charge on any atom is -0.484 e. The lowest BCUT2D eigenvalue weighted by molar-refractivity contribution is -0.121. The van der Waals surface area contributed by atoms with Crippen molar-refractivity contribution in [3.63, 3.8) is 0 Å². The summed E-state index contributed by atoms with van der Waals surface area (Å²) in [5.41, 5.74) is 5.60. The van der Waals surface area contributed by atoms with Gasteiger partial charge in [-0.1, -0.05) is 37.6 Å². The van der Waals surface area contributed by atoms with Crippen LogP contribution in [0.1, 0.15) is 37.3 Å². The number of ether oxygens (including phenoxy) is 1. The van der Waals surface area contributed by atoms with Crippen molar-refractivity contribution in [3.8, 4) is 17.2 Å². The van der Waals surface area contributed by atoms with Crippen LogP contribution in [0.25, 0.3) is 22.6 Å². The topological polar surface area (TPSA) is 76.4 Å². The van der Waals surface area contributed by atoms with Gasteiger partial charge < -0.3 is 14.5 Å². The lowest BCUT2D eigenvalue weighted by Gasteiger charge is -2.10. The second-order valence-electron chi connectivity index (χ2n) is 8.24. The lowest BCUT2D eigenvalue weighted by atomic mass is 9.98. The molecule has 7 heteroatoms. The molecule has 4 aromatic rings. The number of rotatable bonds is 7. The van der Waals surface area contributed by atoms with E-state index in [4.69, 9.17) is 21.4 Å². The molecule has 1 aromatic heterocycles. The highest BCUT2D eigenvalue weighted by molar-refractivity contribution is 7.80. The van der Waals surface area contributed by atoms with Gasteiger partial charge in [-0.25, -0.2) is 4.98 Å². The van der Waals surface area contributed by atoms with E-state index in [1.165, 1.54) is 5.56 Å². The smallest absolute Gasteiger partial charge is 0.264 e. The number of hydrogen-bond donors (Lipinski definition) is 2. The number of benzene rings is 3. The van der Waals surface area contributed by atoms with E-state index in [0.717, 1.165) is 34.3 Å². The van der Waals surface area contributed by atoms with E-state index in [2.05, 4.69) is 41.6 Å². The molecule has 174 valence electrons. The van der Waals surface area contributed by atoms with E-state index < -0.39 is 0 Å². The molecule has 1 heterocycles. The molecule has 3 aromatic carbocycles. The van der Waals surface area contributed by atoms with Crippen LogP contribution in [0, 0.1) is 6.92 Å². The molecule has 0 unspecified atom stereocenters. The van der Waals surface area contributed by atoms with Crippen LogP contribution in [0.3, 0.4) is 0 Å². The maximum absolute atomic E-state index is 12.1. The summed E-state index contributed by atoms with van der Waals surface area (Å²) in [7, 11) is 0. The number of nitrogens with zero attached hydrogens (tertiary/aromatic N) is 1. The van der Waals surface area contributed by atoms with Crippen LogP contribution in [0.5, 0.6) is 5.75 Å². The largest absolute Gasteiger partial charge is 0.484 e. The van der Waals surface area contributed by atoms with Gasteiger partial charge in [0.15, 0.2) is 17.3 Å². The van der Waals surface area contributed by atoms with Crippen molar-refractivity contribution in [1.29, 1.82) is 0 Å². The first-order chi connectivity index (χ1) is 16.4. The SMILES string of the molecule is CC[C@@H](C)c1ccc2oc(-c3ccc(NC(=S)NC(=O)COc4ccc(C)cc4)cc3)nc2c1. The first-order valence-electron chi connectivity index (χ1n) is 11.2. The molecule has 4 rings (SSSR count). The highest BCUT2D eigenvalue weighted by Gasteiger charge is 2.12. The fourth-order valence-corrected chi connectivity index (χ4v) is 3.65. The molecular weight excluding hydrogens is 446 g/mol. The maximum Gasteiger partial charge on any atom is 0.264 e. The lowest BCUT2D eigenvalue weighted by Crippen LogP contribution is -2.37. The monoisotopic (exact) mass is 473 g/mol. The standard InChI is InChI=1S/C27H27N3O3S/c1-4-18(3)20-9-14-24-23(15-20)29-26(33-24)19-7-10-21(11-8-19)28-27(34)30-25(31)16-32-22-12-5-17(2)6-13-22/h5-15,18H,4,16H2,1-3H3,(H2,28,30,31,34)/t18-/m1/s1. The Morgan fingerprint density at radius 2 is 1.82 bits per heavy atom. The van der Waals surface area contributed by atoms with Crippen LogP contribution in [0.4, 0.5) is 5.69 Å². The molecule has 0 spiro atoms. The second kappa shape index (κ2) is 10.5. The molecule has 2 N–H and O–H groups in total. The van der Waals surface area contributed by atoms with E-state index in [-0.39, 0.29) is 17.6 Å². The maximum atomic E-state index is 12.1. The van der Waals surface area contributed by atoms with Gasteiger partial charge >= 0.3 is 0 Å². The molecule has 0 fully saturated rings. The minimum absolute atomic E-state index is 0.125. The van der Waals surface area contributed by atoms with Gasteiger partial charge in [-0.2, -0.15) is 0 Å². The van der Waals surface area contributed by atoms with Crippen LogP contribution in [-0.4, -0.2) is 22.6 Å². The zero-order valence-electron chi connectivity index (χ0n) is 19.4. The Morgan fingerprint density at radius 3 is 2.53 bits per heavy atom. The molecule has 0 saturated heterocycles. The zero-order chi connectivity index (χ0) is 24.1. The van der Waals surface area contributed by atoms with Crippen LogP contribution in [0.15, 0.2) is 71.1 Å². The van der Waals surface area contributed by atoms with Gasteiger partial charge in [0.25, 0.3) is 5.91 Å². The first kappa shape index (κ1) is 23.4. The van der Waals surface area contributed by atoms with Gasteiger partial charge in [-0.15, -0.1) is 0 Å². The average molecular weight is 474 g/mol. The molecule has 0 aliphatic carbocycles. The Bertz CT molecular complexity index is 1300. The normalized spacial score (nSPS) is 11.7. The number of nitrogens with one attached hydrogen (secondary N) is 2. The van der Waals surface area contributed by atoms with Gasteiger partial charge in [0.05, 0.1) is 0 Å². The molecule has 6 nitrogen and oxygen atoms in total. The van der Waals surface area contributed by atoms with Gasteiger partial charge in [-0.05, 0) is 85.6 Å². The minimum atomic E-state index is -0.335. The van der Waals surface area contributed by atoms with E-state index in [1.54, 1.807) is 0 Å². The summed E-state index contributed by atoms with van der Waals surface area (Å²) >= 11 is 5.24. The molecule has 1 amide bonds. The Kier molecular flexibility index (Phi) is 7.23. The number of hydrogen-bond acceptors (Lipinski definition) is 5. The number of aromatic nitrogens is 1. The quantitative estimate of drug-likeness (QED) is 0.311. The van der Waals surface area contributed by atoms with Crippen molar-refractivity contribution < 1.29 is 13.9 Å². The molecular formula is C27H27N3O3S. The first-order valence-corrected chi connectivity index (χ1v) is 11.6. The highest BCUT2D eigenvalue weighted by atomic mass is 32.1. The number of oxazole rings is 1. The van der Waals surface area contributed by atoms with Crippen molar-refractivity contribution >= 4 is 40.0 Å². The average Bonchev–Trinajstić information content (AvgIpc) is 3.27. The van der Waals surface area contributed by atoms with E-state index in [9.17, 15) is 4.79 Å². The Morgan fingerprint density at radius 1 is 1.09 bits per heavy atom. The van der Waals surface area contributed by atoms with Crippen molar-refractivity contribution in [1.82, 2.24) is 10.3 Å². The number of aryl methyl sites for hydroxylation is 1. The molecule has 0 saturated carbocycles. The van der Waals surface area contributed by atoms with Crippen molar-refractivity contribution in [2.75, 3.05) is 11.9 Å². The van der Waals surface area contributed by atoms with E-state index in [1.807, 2.05) is 61.5 Å². The Hall–Kier alpha value is -3.71. The van der Waals surface area contributed by atoms with Crippen LogP contribution < -0.4 is 15.4 Å². The zero-order valence-corrected chi connectivity index (χ0v) is 20.2. The summed E-state index contributed by atoms with van der Waals surface area (Å²) in [6.45, 7) is 6.25. The van der Waals surface area contributed by atoms with E-state index >= 15 is 0 Å². The summed E-state index contributed by atoms with van der Waals surface area (Å²) in [5, 5.41) is 5.82. The predicted molar refractivity (Wildman–Crippen MR) is 139 cm³/mol. The van der Waals surface area contributed by atoms with Crippen molar-refractivity contribution in [3.05, 3.63) is 77.9 Å². The summed E-state index contributed by atoms with van der Waals surface area (Å²) in [6, 6.07) is 21.2. The number of carbonyl (C=O) groups excluding carboxylic acids is 1. The molecule has 34 heavy (non-hydrogen) atoms. The summed E-state index contributed by atoms with van der Waals surface area (Å²) in [6.07, 6.45) is 1.08. The number of fused-ring (bicyclic) bond motifs is 1. The van der Waals surface area contributed by atoms with Crippen LogP contribution in [0.2, 0.25) is 0 Å². The number of carbonyl (C=O) groups is 1. The number of anilines is 1. The van der Waals surface area contributed by atoms with Gasteiger partial charge in [0.1, 0.15) is 11.3 Å². The molecule has 0 bridgehead atoms. The van der Waals surface area contributed by atoms with E-state index in [0.29, 0.717) is 17.6 Å². The van der Waals surface area contributed by atoms with Crippen molar-refractivity contribution in [2.24, 2.45) is 0 Å². The van der Waals surface area contributed by atoms with Crippen molar-refractivity contribution in [2.45, 2.75) is 33.1 Å². The second-order valence-corrected chi connectivity index (χ2v) is 8.65. The molecule has 1 atom stereocenters. The Balaban J connectivity index is 1.33. The summed E-state index contributed by atoms with van der Waals surface area (Å²) in [5.74, 6) is 1.34. The van der Waals surface area contributed by atoms with Crippen LogP contribution in [-0.2, 0) is 4.79 Å². The third-order valence-electron chi connectivity index (χ3n) is 5.63. The molecule has 0 radical (unpaired) electrons. The molecule has 0 aliphatic rings. The predicted octanol–water partition coefficient (Wildman–Crippen LogP) is 6.21. The third kappa shape index (κ3) is 5.80. The fraction of sp³-hybridized carbons (Fsp3) is 0.222. The number of amides is 1.